The maximum atomic E-state index is 2.45. The number of benzene rings is 9. The molecule has 0 bridgehead atoms. The number of rotatable bonds is 7. The molecule has 0 fully saturated rings. The summed E-state index contributed by atoms with van der Waals surface area (Å²) in [6, 6.07) is 77.6. The third-order valence-electron chi connectivity index (χ3n) is 11.7. The van der Waals surface area contributed by atoms with Crippen molar-refractivity contribution in [3.8, 4) is 55.6 Å². The second-order valence-corrected chi connectivity index (χ2v) is 15.4. The molecule has 266 valence electrons. The van der Waals surface area contributed by atoms with E-state index >= 15 is 0 Å². The normalized spacial score (nSPS) is 12.6. The molecule has 0 N–H and O–H groups in total. The van der Waals surface area contributed by atoms with Crippen LogP contribution in [0.2, 0.25) is 0 Å². The summed E-state index contributed by atoms with van der Waals surface area (Å²) in [5.74, 6) is 0. The van der Waals surface area contributed by atoms with Crippen LogP contribution in [0, 0.1) is 0 Å². The van der Waals surface area contributed by atoms with Crippen molar-refractivity contribution in [3.63, 3.8) is 0 Å². The van der Waals surface area contributed by atoms with Gasteiger partial charge in [0.05, 0.1) is 5.69 Å². The number of para-hydroxylation sites is 1. The molecular weight excluding hydrogens is 675 g/mol. The van der Waals surface area contributed by atoms with Crippen LogP contribution >= 0.6 is 0 Å². The van der Waals surface area contributed by atoms with E-state index in [0.717, 1.165) is 17.1 Å². The van der Waals surface area contributed by atoms with Gasteiger partial charge in [0, 0.05) is 22.4 Å². The summed E-state index contributed by atoms with van der Waals surface area (Å²) in [5, 5.41) is 2.45. The Hall–Kier alpha value is -6.96. The summed E-state index contributed by atoms with van der Waals surface area (Å²) < 4.78 is 0. The zero-order chi connectivity index (χ0) is 37.6. The van der Waals surface area contributed by atoms with E-state index in [1.807, 2.05) is 0 Å². The van der Waals surface area contributed by atoms with Crippen LogP contribution in [0.15, 0.2) is 212 Å². The minimum absolute atomic E-state index is 0.208. The maximum Gasteiger partial charge on any atom is 0.0540 e. The summed E-state index contributed by atoms with van der Waals surface area (Å²) in [6.07, 6.45) is 0. The zero-order valence-corrected chi connectivity index (χ0v) is 31.7. The van der Waals surface area contributed by atoms with Crippen molar-refractivity contribution in [1.29, 1.82) is 0 Å². The van der Waals surface area contributed by atoms with Gasteiger partial charge < -0.3 is 4.90 Å². The molecule has 10 rings (SSSR count). The van der Waals surface area contributed by atoms with Crippen molar-refractivity contribution in [2.24, 2.45) is 0 Å². The first kappa shape index (κ1) is 33.6. The predicted octanol–water partition coefficient (Wildman–Crippen LogP) is 15.3. The Kier molecular flexibility index (Phi) is 8.23. The van der Waals surface area contributed by atoms with Crippen molar-refractivity contribution in [1.82, 2.24) is 0 Å². The van der Waals surface area contributed by atoms with Crippen LogP contribution in [0.3, 0.4) is 0 Å². The average molecular weight is 716 g/mol. The van der Waals surface area contributed by atoms with Gasteiger partial charge in [0.1, 0.15) is 0 Å². The smallest absolute Gasteiger partial charge is 0.0540 e. The number of nitrogens with zero attached hydrogens (tertiary/aromatic N) is 1. The molecule has 1 aliphatic carbocycles. The molecule has 9 aromatic carbocycles. The molecule has 0 radical (unpaired) electrons. The van der Waals surface area contributed by atoms with E-state index in [1.54, 1.807) is 0 Å². The van der Waals surface area contributed by atoms with E-state index < -0.39 is 0 Å². The van der Waals surface area contributed by atoms with Crippen molar-refractivity contribution >= 4 is 27.8 Å². The van der Waals surface area contributed by atoms with E-state index in [9.17, 15) is 0 Å². The van der Waals surface area contributed by atoms with Crippen molar-refractivity contribution in [2.75, 3.05) is 4.90 Å². The van der Waals surface area contributed by atoms with Crippen LogP contribution in [0.25, 0.3) is 66.4 Å². The van der Waals surface area contributed by atoms with Crippen molar-refractivity contribution in [2.45, 2.75) is 19.3 Å². The molecule has 1 heteroatoms. The van der Waals surface area contributed by atoms with Gasteiger partial charge in [0.25, 0.3) is 0 Å². The summed E-state index contributed by atoms with van der Waals surface area (Å²) in [5.41, 5.74) is 18.3. The molecule has 0 aromatic heterocycles. The zero-order valence-electron chi connectivity index (χ0n) is 31.7. The standard InChI is InChI=1S/C55H41N/c1-55(2)52-36-44(48-22-12-11-21-47(48)41-18-7-4-8-19-41)30-33-50(52)51-34-32-46(37-53(51)55)56(45-31-29-39-17-9-10-20-43(39)35-45)54-24-14-13-23-49(54)42-27-25-40(26-28-42)38-15-5-3-6-16-38/h3-37H,1-2H3. The first-order valence-electron chi connectivity index (χ1n) is 19.5. The van der Waals surface area contributed by atoms with Gasteiger partial charge >= 0.3 is 0 Å². The molecule has 0 saturated heterocycles. The maximum absolute atomic E-state index is 2.45. The van der Waals surface area contributed by atoms with Gasteiger partial charge in [-0.15, -0.1) is 0 Å². The highest BCUT2D eigenvalue weighted by atomic mass is 15.1. The van der Waals surface area contributed by atoms with Crippen LogP contribution in [0.4, 0.5) is 17.1 Å². The van der Waals surface area contributed by atoms with Crippen LogP contribution in [0.1, 0.15) is 25.0 Å². The molecule has 1 aliphatic rings. The Labute approximate surface area is 329 Å². The van der Waals surface area contributed by atoms with Gasteiger partial charge in [0.2, 0.25) is 0 Å². The highest BCUT2D eigenvalue weighted by Gasteiger charge is 2.36. The Balaban J connectivity index is 1.09. The fourth-order valence-electron chi connectivity index (χ4n) is 8.77. The van der Waals surface area contributed by atoms with E-state index in [4.69, 9.17) is 0 Å². The molecule has 9 aromatic rings. The molecule has 0 spiro atoms. The lowest BCUT2D eigenvalue weighted by Gasteiger charge is -2.30. The summed E-state index contributed by atoms with van der Waals surface area (Å²) in [7, 11) is 0. The molecule has 0 amide bonds. The van der Waals surface area contributed by atoms with Gasteiger partial charge in [0.15, 0.2) is 0 Å². The second kappa shape index (κ2) is 13.7. The van der Waals surface area contributed by atoms with Crippen LogP contribution < -0.4 is 4.90 Å². The first-order valence-corrected chi connectivity index (χ1v) is 19.5. The third kappa shape index (κ3) is 5.81. The van der Waals surface area contributed by atoms with Crippen molar-refractivity contribution < 1.29 is 0 Å². The monoisotopic (exact) mass is 715 g/mol. The van der Waals surface area contributed by atoms with Gasteiger partial charge in [-0.25, -0.2) is 0 Å². The highest BCUT2D eigenvalue weighted by molar-refractivity contribution is 5.95. The Morgan fingerprint density at radius 2 is 0.768 bits per heavy atom. The summed E-state index contributed by atoms with van der Waals surface area (Å²) in [6.45, 7) is 4.77. The van der Waals surface area contributed by atoms with Gasteiger partial charge in [-0.3, -0.25) is 0 Å². The largest absolute Gasteiger partial charge is 0.310 e. The molecule has 0 saturated carbocycles. The second-order valence-electron chi connectivity index (χ2n) is 15.4. The van der Waals surface area contributed by atoms with Crippen LogP contribution in [-0.4, -0.2) is 0 Å². The fourth-order valence-corrected chi connectivity index (χ4v) is 8.77. The molecule has 0 atom stereocenters. The van der Waals surface area contributed by atoms with Crippen LogP contribution in [0.5, 0.6) is 0 Å². The summed E-state index contributed by atoms with van der Waals surface area (Å²) in [4.78, 5) is 2.45. The lowest BCUT2D eigenvalue weighted by molar-refractivity contribution is 0.660. The minimum Gasteiger partial charge on any atom is -0.310 e. The number of hydrogen-bond donors (Lipinski definition) is 0. The number of fused-ring (bicyclic) bond motifs is 4. The SMILES string of the molecule is CC1(C)c2cc(-c3ccccc3-c3ccccc3)ccc2-c2ccc(N(c3ccc4ccccc4c3)c3ccccc3-c3ccc(-c4ccccc4)cc3)cc21. The van der Waals surface area contributed by atoms with E-state index in [-0.39, 0.29) is 5.41 Å². The molecule has 0 unspecified atom stereocenters. The first-order chi connectivity index (χ1) is 27.5. The number of hydrogen-bond acceptors (Lipinski definition) is 1. The number of anilines is 3. The van der Waals surface area contributed by atoms with Gasteiger partial charge in [-0.1, -0.05) is 190 Å². The van der Waals surface area contributed by atoms with Crippen molar-refractivity contribution in [3.05, 3.63) is 223 Å². The fraction of sp³-hybridized carbons (Fsp3) is 0.0545. The average Bonchev–Trinajstić information content (AvgIpc) is 3.49. The Bertz CT molecular complexity index is 2870. The van der Waals surface area contributed by atoms with Gasteiger partial charge in [-0.2, -0.15) is 0 Å². The third-order valence-corrected chi connectivity index (χ3v) is 11.7. The van der Waals surface area contributed by atoms with Crippen LogP contribution in [-0.2, 0) is 5.41 Å². The van der Waals surface area contributed by atoms with E-state index in [1.165, 1.54) is 77.5 Å². The molecule has 56 heavy (non-hydrogen) atoms. The Morgan fingerprint density at radius 3 is 1.50 bits per heavy atom. The molecule has 0 heterocycles. The predicted molar refractivity (Wildman–Crippen MR) is 238 cm³/mol. The molecule has 1 nitrogen and oxygen atoms in total. The minimum atomic E-state index is -0.208. The van der Waals surface area contributed by atoms with Gasteiger partial charge in [-0.05, 0) is 108 Å². The summed E-state index contributed by atoms with van der Waals surface area (Å²) >= 11 is 0. The Morgan fingerprint density at radius 1 is 0.304 bits per heavy atom. The lowest BCUT2D eigenvalue weighted by Crippen LogP contribution is -2.17. The lowest BCUT2D eigenvalue weighted by atomic mass is 9.81. The quantitative estimate of drug-likeness (QED) is 0.159. The highest BCUT2D eigenvalue weighted by Crippen LogP contribution is 2.52. The molecular formula is C55H41N. The van der Waals surface area contributed by atoms with E-state index in [0.29, 0.717) is 0 Å². The topological polar surface area (TPSA) is 3.24 Å². The molecule has 0 aliphatic heterocycles. The van der Waals surface area contributed by atoms with E-state index in [2.05, 4.69) is 231 Å².